The fraction of sp³-hybridized carbons (Fsp3) is 0.667. The van der Waals surface area contributed by atoms with Gasteiger partial charge in [0.25, 0.3) is 5.91 Å². The van der Waals surface area contributed by atoms with E-state index in [4.69, 9.17) is 5.73 Å². The van der Waals surface area contributed by atoms with Crippen molar-refractivity contribution in [3.63, 3.8) is 0 Å². The van der Waals surface area contributed by atoms with Crippen LogP contribution in [0.3, 0.4) is 0 Å². The minimum atomic E-state index is -0.442. The first kappa shape index (κ1) is 16.9. The molecule has 7 heteroatoms. The summed E-state index contributed by atoms with van der Waals surface area (Å²) in [6.07, 6.45) is 1.78. The highest BCUT2D eigenvalue weighted by Crippen LogP contribution is 2.21. The summed E-state index contributed by atoms with van der Waals surface area (Å²) in [5, 5.41) is 4.84. The monoisotopic (exact) mass is 324 g/mol. The first-order valence-electron chi connectivity index (χ1n) is 7.66. The van der Waals surface area contributed by atoms with Crippen molar-refractivity contribution in [1.29, 1.82) is 0 Å². The highest BCUT2D eigenvalue weighted by molar-refractivity contribution is 7.03. The molecule has 0 bridgehead atoms. The number of hydrogen-bond acceptors (Lipinski definition) is 5. The quantitative estimate of drug-likeness (QED) is 0.870. The molecule has 1 aromatic rings. The summed E-state index contributed by atoms with van der Waals surface area (Å²) < 4.78 is 4.13. The lowest BCUT2D eigenvalue weighted by atomic mass is 9.90. The fourth-order valence-corrected chi connectivity index (χ4v) is 3.51. The Bertz CT molecular complexity index is 535. The Balaban J connectivity index is 1.85. The Morgan fingerprint density at radius 1 is 1.41 bits per heavy atom. The van der Waals surface area contributed by atoms with Crippen molar-refractivity contribution >= 4 is 23.3 Å². The summed E-state index contributed by atoms with van der Waals surface area (Å²) >= 11 is 1.30. The van der Waals surface area contributed by atoms with Crippen LogP contribution in [-0.4, -0.2) is 46.3 Å². The second-order valence-electron chi connectivity index (χ2n) is 6.03. The molecule has 1 aliphatic heterocycles. The van der Waals surface area contributed by atoms with Crippen molar-refractivity contribution in [2.75, 3.05) is 13.1 Å². The Morgan fingerprint density at radius 3 is 2.55 bits per heavy atom. The number of nitrogens with one attached hydrogen (secondary N) is 1. The SMILES string of the molecule is Cc1nscc1C(=O)NC(C)C1CCN(C(=O)C(C)N)CC1. The van der Waals surface area contributed by atoms with Crippen LogP contribution < -0.4 is 11.1 Å². The second-order valence-corrected chi connectivity index (χ2v) is 6.66. The lowest BCUT2D eigenvalue weighted by Gasteiger charge is -2.35. The summed E-state index contributed by atoms with van der Waals surface area (Å²) in [5.41, 5.74) is 7.07. The predicted octanol–water partition coefficient (Wildman–Crippen LogP) is 1.16. The molecule has 0 aliphatic carbocycles. The van der Waals surface area contributed by atoms with E-state index in [1.807, 2.05) is 18.7 Å². The number of nitrogens with zero attached hydrogens (tertiary/aromatic N) is 2. The van der Waals surface area contributed by atoms with Gasteiger partial charge in [-0.05, 0) is 51.1 Å². The number of piperidine rings is 1. The molecule has 3 N–H and O–H groups in total. The van der Waals surface area contributed by atoms with Gasteiger partial charge in [-0.2, -0.15) is 4.37 Å². The van der Waals surface area contributed by atoms with Crippen LogP contribution in [0.25, 0.3) is 0 Å². The van der Waals surface area contributed by atoms with Crippen LogP contribution >= 0.6 is 11.5 Å². The molecule has 0 saturated carbocycles. The molecule has 2 rings (SSSR count). The summed E-state index contributed by atoms with van der Waals surface area (Å²) in [7, 11) is 0. The third kappa shape index (κ3) is 3.84. The largest absolute Gasteiger partial charge is 0.349 e. The zero-order valence-corrected chi connectivity index (χ0v) is 14.2. The maximum atomic E-state index is 12.2. The van der Waals surface area contributed by atoms with Crippen LogP contribution in [-0.2, 0) is 4.79 Å². The molecular formula is C15H24N4O2S. The molecule has 2 amide bonds. The first-order valence-corrected chi connectivity index (χ1v) is 8.50. The van der Waals surface area contributed by atoms with Gasteiger partial charge in [-0.15, -0.1) is 0 Å². The van der Waals surface area contributed by atoms with E-state index in [1.54, 1.807) is 12.3 Å². The van der Waals surface area contributed by atoms with E-state index in [9.17, 15) is 9.59 Å². The molecule has 1 aliphatic rings. The van der Waals surface area contributed by atoms with Gasteiger partial charge in [-0.25, -0.2) is 0 Å². The zero-order chi connectivity index (χ0) is 16.3. The smallest absolute Gasteiger partial charge is 0.254 e. The van der Waals surface area contributed by atoms with Crippen molar-refractivity contribution < 1.29 is 9.59 Å². The lowest BCUT2D eigenvalue weighted by molar-refractivity contribution is -0.133. The molecular weight excluding hydrogens is 300 g/mol. The zero-order valence-electron chi connectivity index (χ0n) is 13.3. The van der Waals surface area contributed by atoms with Crippen molar-refractivity contribution in [3.05, 3.63) is 16.6 Å². The Morgan fingerprint density at radius 2 is 2.05 bits per heavy atom. The normalized spacial score (nSPS) is 18.8. The summed E-state index contributed by atoms with van der Waals surface area (Å²) in [4.78, 5) is 25.9. The minimum Gasteiger partial charge on any atom is -0.349 e. The van der Waals surface area contributed by atoms with Crippen molar-refractivity contribution in [2.24, 2.45) is 11.7 Å². The third-order valence-corrected chi connectivity index (χ3v) is 5.02. The highest BCUT2D eigenvalue weighted by Gasteiger charge is 2.28. The number of amides is 2. The predicted molar refractivity (Wildman–Crippen MR) is 86.7 cm³/mol. The van der Waals surface area contributed by atoms with Gasteiger partial charge in [0, 0.05) is 24.5 Å². The van der Waals surface area contributed by atoms with Gasteiger partial charge in [0.05, 0.1) is 17.3 Å². The Hall–Kier alpha value is -1.47. The van der Waals surface area contributed by atoms with Gasteiger partial charge in [0.15, 0.2) is 0 Å². The van der Waals surface area contributed by atoms with E-state index in [1.165, 1.54) is 11.5 Å². The topological polar surface area (TPSA) is 88.3 Å². The molecule has 2 heterocycles. The van der Waals surface area contributed by atoms with Gasteiger partial charge < -0.3 is 16.0 Å². The number of likely N-dealkylation sites (tertiary alicyclic amines) is 1. The second kappa shape index (κ2) is 7.19. The number of carbonyl (C=O) groups is 2. The number of nitrogens with two attached hydrogens (primary N) is 1. The molecule has 0 spiro atoms. The van der Waals surface area contributed by atoms with Crippen molar-refractivity contribution in [3.8, 4) is 0 Å². The van der Waals surface area contributed by atoms with Crippen molar-refractivity contribution in [2.45, 2.75) is 45.7 Å². The maximum absolute atomic E-state index is 12.2. The van der Waals surface area contributed by atoms with Gasteiger partial charge in [-0.1, -0.05) is 0 Å². The molecule has 0 radical (unpaired) electrons. The Kier molecular flexibility index (Phi) is 5.52. The summed E-state index contributed by atoms with van der Waals surface area (Å²) in [5.74, 6) is 0.330. The van der Waals surface area contributed by atoms with Gasteiger partial charge in [0.1, 0.15) is 0 Å². The lowest BCUT2D eigenvalue weighted by Crippen LogP contribution is -2.49. The minimum absolute atomic E-state index is 0.00936. The van der Waals surface area contributed by atoms with Gasteiger partial charge in [0.2, 0.25) is 5.91 Å². The average molecular weight is 324 g/mol. The van der Waals surface area contributed by atoms with E-state index < -0.39 is 6.04 Å². The Labute approximate surface area is 135 Å². The fourth-order valence-electron chi connectivity index (χ4n) is 2.82. The molecule has 22 heavy (non-hydrogen) atoms. The van der Waals surface area contributed by atoms with Gasteiger partial charge in [-0.3, -0.25) is 9.59 Å². The van der Waals surface area contributed by atoms with E-state index in [-0.39, 0.29) is 17.9 Å². The molecule has 1 saturated heterocycles. The number of hydrogen-bond donors (Lipinski definition) is 2. The van der Waals surface area contributed by atoms with Gasteiger partial charge >= 0.3 is 0 Å². The van der Waals surface area contributed by atoms with Crippen LogP contribution in [0.2, 0.25) is 0 Å². The molecule has 122 valence electrons. The molecule has 6 nitrogen and oxygen atoms in total. The number of carbonyl (C=O) groups excluding carboxylic acids is 2. The number of rotatable bonds is 4. The third-order valence-electron chi connectivity index (χ3n) is 4.30. The van der Waals surface area contributed by atoms with E-state index in [2.05, 4.69) is 9.69 Å². The molecule has 1 fully saturated rings. The standard InChI is InChI=1S/C15H24N4O2S/c1-9(16)15(21)19-6-4-12(5-7-19)10(2)17-14(20)13-8-22-18-11(13)3/h8-10,12H,4-7,16H2,1-3H3,(H,17,20). The maximum Gasteiger partial charge on any atom is 0.254 e. The van der Waals surface area contributed by atoms with Crippen LogP contribution in [0, 0.1) is 12.8 Å². The molecule has 0 aromatic carbocycles. The van der Waals surface area contributed by atoms with Crippen LogP contribution in [0.1, 0.15) is 42.7 Å². The van der Waals surface area contributed by atoms with Crippen LogP contribution in [0.4, 0.5) is 0 Å². The summed E-state index contributed by atoms with van der Waals surface area (Å²) in [6.45, 7) is 7.01. The first-order chi connectivity index (χ1) is 10.4. The summed E-state index contributed by atoms with van der Waals surface area (Å²) in [6, 6.07) is -0.359. The molecule has 1 aromatic heterocycles. The van der Waals surface area contributed by atoms with Crippen LogP contribution in [0.5, 0.6) is 0 Å². The van der Waals surface area contributed by atoms with E-state index >= 15 is 0 Å². The highest BCUT2D eigenvalue weighted by atomic mass is 32.1. The van der Waals surface area contributed by atoms with E-state index in [0.717, 1.165) is 18.5 Å². The molecule has 2 atom stereocenters. The molecule has 2 unspecified atom stereocenters. The number of aryl methyl sites for hydroxylation is 1. The van der Waals surface area contributed by atoms with Crippen LogP contribution in [0.15, 0.2) is 5.38 Å². The average Bonchev–Trinajstić information content (AvgIpc) is 2.92. The van der Waals surface area contributed by atoms with Crippen molar-refractivity contribution in [1.82, 2.24) is 14.6 Å². The number of aromatic nitrogens is 1. The van der Waals surface area contributed by atoms with E-state index in [0.29, 0.717) is 24.6 Å².